The largest absolute Gasteiger partial charge is 0.479 e. The Balaban J connectivity index is 3.21. The van der Waals surface area contributed by atoms with Gasteiger partial charge in [0.15, 0.2) is 6.10 Å². The highest BCUT2D eigenvalue weighted by Gasteiger charge is 2.15. The first-order valence-corrected chi connectivity index (χ1v) is 10.4. The fraction of sp³-hybridized carbons (Fsp3) is 0.905. The second kappa shape index (κ2) is 16.4. The van der Waals surface area contributed by atoms with Crippen LogP contribution in [0.3, 0.4) is 0 Å². The van der Waals surface area contributed by atoms with Crippen molar-refractivity contribution < 1.29 is 19.4 Å². The fourth-order valence-electron chi connectivity index (χ4n) is 2.90. The predicted molar refractivity (Wildman–Crippen MR) is 103 cm³/mol. The van der Waals surface area contributed by atoms with Crippen molar-refractivity contribution in [3.63, 3.8) is 0 Å². The molecule has 0 aliphatic carbocycles. The molecule has 0 amide bonds. The van der Waals surface area contributed by atoms with Crippen molar-refractivity contribution in [3.8, 4) is 0 Å². The number of esters is 1. The number of carbonyl (C=O) groups excluding carboxylic acids is 1. The molecule has 0 spiro atoms. The van der Waals surface area contributed by atoms with Crippen LogP contribution in [0.5, 0.6) is 0 Å². The van der Waals surface area contributed by atoms with Crippen molar-refractivity contribution in [2.24, 2.45) is 5.92 Å². The minimum atomic E-state index is -1.09. The van der Waals surface area contributed by atoms with E-state index in [1.165, 1.54) is 71.1 Å². The summed E-state index contributed by atoms with van der Waals surface area (Å²) in [5, 5.41) is 8.66. The van der Waals surface area contributed by atoms with E-state index in [0.717, 1.165) is 25.2 Å². The van der Waals surface area contributed by atoms with Crippen LogP contribution in [0.15, 0.2) is 0 Å². The lowest BCUT2D eigenvalue weighted by atomic mass is 10.0. The fourth-order valence-corrected chi connectivity index (χ4v) is 2.90. The molecule has 0 heterocycles. The third kappa shape index (κ3) is 17.6. The van der Waals surface area contributed by atoms with Crippen molar-refractivity contribution in [2.75, 3.05) is 0 Å². The lowest BCUT2D eigenvalue weighted by Crippen LogP contribution is -2.23. The second-order valence-corrected chi connectivity index (χ2v) is 7.65. The average Bonchev–Trinajstić information content (AvgIpc) is 2.54. The normalized spacial score (nSPS) is 12.3. The third-order valence-corrected chi connectivity index (χ3v) is 4.57. The van der Waals surface area contributed by atoms with Crippen LogP contribution >= 0.6 is 0 Å². The number of unbranched alkanes of at least 4 members (excludes halogenated alkanes) is 11. The van der Waals surface area contributed by atoms with E-state index in [4.69, 9.17) is 9.84 Å². The molecule has 0 saturated carbocycles. The Hall–Kier alpha value is -1.06. The third-order valence-electron chi connectivity index (χ3n) is 4.57. The predicted octanol–water partition coefficient (Wildman–Crippen LogP) is 6.12. The lowest BCUT2D eigenvalue weighted by Gasteiger charge is -2.08. The molecule has 4 nitrogen and oxygen atoms in total. The number of aliphatic carboxylic acids is 1. The van der Waals surface area contributed by atoms with Crippen LogP contribution in [0, 0.1) is 5.92 Å². The van der Waals surface area contributed by atoms with Crippen LogP contribution in [0.2, 0.25) is 0 Å². The van der Waals surface area contributed by atoms with E-state index in [2.05, 4.69) is 13.8 Å². The topological polar surface area (TPSA) is 63.6 Å². The summed E-state index contributed by atoms with van der Waals surface area (Å²) in [6, 6.07) is 0. The van der Waals surface area contributed by atoms with Crippen LogP contribution in [0.25, 0.3) is 0 Å². The van der Waals surface area contributed by atoms with Gasteiger partial charge in [0, 0.05) is 6.42 Å². The van der Waals surface area contributed by atoms with Crippen LogP contribution in [0.4, 0.5) is 0 Å². The zero-order chi connectivity index (χ0) is 18.9. The maximum Gasteiger partial charge on any atom is 0.344 e. The van der Waals surface area contributed by atoms with Crippen molar-refractivity contribution in [3.05, 3.63) is 0 Å². The van der Waals surface area contributed by atoms with Gasteiger partial charge < -0.3 is 9.84 Å². The molecule has 25 heavy (non-hydrogen) atoms. The first-order valence-electron chi connectivity index (χ1n) is 10.4. The lowest BCUT2D eigenvalue weighted by molar-refractivity contribution is -0.162. The number of ether oxygens (including phenoxy) is 1. The summed E-state index contributed by atoms with van der Waals surface area (Å²) in [6.07, 6.45) is 15.7. The number of hydrogen-bond acceptors (Lipinski definition) is 3. The van der Waals surface area contributed by atoms with Crippen LogP contribution in [0.1, 0.15) is 111 Å². The average molecular weight is 357 g/mol. The molecular formula is C21H40O4. The Morgan fingerprint density at radius 3 is 1.52 bits per heavy atom. The Bertz CT molecular complexity index is 339. The van der Waals surface area contributed by atoms with Gasteiger partial charge in [0.05, 0.1) is 0 Å². The summed E-state index contributed by atoms with van der Waals surface area (Å²) in [6.45, 7) is 5.98. The second-order valence-electron chi connectivity index (χ2n) is 7.65. The van der Waals surface area contributed by atoms with E-state index in [1.54, 1.807) is 0 Å². The summed E-state index contributed by atoms with van der Waals surface area (Å²) in [5.41, 5.74) is 0. The standard InChI is InChI=1S/C21H40O4/c1-18(2)16-14-12-10-8-6-4-5-7-9-11-13-15-17-20(22)25-19(3)21(23)24/h18-19H,4-17H2,1-3H3,(H,23,24). The maximum absolute atomic E-state index is 11.4. The summed E-state index contributed by atoms with van der Waals surface area (Å²) in [4.78, 5) is 22.0. The van der Waals surface area contributed by atoms with Crippen molar-refractivity contribution in [1.82, 2.24) is 0 Å². The molecule has 0 aliphatic heterocycles. The van der Waals surface area contributed by atoms with Gasteiger partial charge in [-0.05, 0) is 19.3 Å². The van der Waals surface area contributed by atoms with Crippen LogP contribution in [-0.4, -0.2) is 23.1 Å². The first kappa shape index (κ1) is 23.9. The van der Waals surface area contributed by atoms with Gasteiger partial charge >= 0.3 is 11.9 Å². The SMILES string of the molecule is CC(C)CCCCCCCCCCCCCCC(=O)OC(C)C(=O)O. The van der Waals surface area contributed by atoms with Gasteiger partial charge in [-0.2, -0.15) is 0 Å². The van der Waals surface area contributed by atoms with Gasteiger partial charge in [-0.1, -0.05) is 90.9 Å². The van der Waals surface area contributed by atoms with Gasteiger partial charge in [-0.3, -0.25) is 4.79 Å². The van der Waals surface area contributed by atoms with Crippen LogP contribution < -0.4 is 0 Å². The molecule has 0 rings (SSSR count). The zero-order valence-corrected chi connectivity index (χ0v) is 16.7. The summed E-state index contributed by atoms with van der Waals surface area (Å²) in [7, 11) is 0. The number of rotatable bonds is 17. The molecule has 1 N–H and O–H groups in total. The molecule has 148 valence electrons. The molecular weight excluding hydrogens is 316 g/mol. The first-order chi connectivity index (χ1) is 11.9. The molecule has 0 saturated heterocycles. The monoisotopic (exact) mass is 356 g/mol. The van der Waals surface area contributed by atoms with Crippen molar-refractivity contribution in [1.29, 1.82) is 0 Å². The molecule has 0 bridgehead atoms. The highest BCUT2D eigenvalue weighted by atomic mass is 16.6. The molecule has 0 fully saturated rings. The molecule has 1 atom stereocenters. The zero-order valence-electron chi connectivity index (χ0n) is 16.7. The Morgan fingerprint density at radius 2 is 1.12 bits per heavy atom. The summed E-state index contributed by atoms with van der Waals surface area (Å²) < 4.78 is 4.79. The van der Waals surface area contributed by atoms with Crippen molar-refractivity contribution >= 4 is 11.9 Å². The molecule has 0 radical (unpaired) electrons. The minimum Gasteiger partial charge on any atom is -0.479 e. The smallest absolute Gasteiger partial charge is 0.344 e. The molecule has 0 aliphatic rings. The Morgan fingerprint density at radius 1 is 0.720 bits per heavy atom. The minimum absolute atomic E-state index is 0.328. The Kier molecular flexibility index (Phi) is 15.7. The molecule has 0 aromatic rings. The van der Waals surface area contributed by atoms with E-state index in [1.807, 2.05) is 0 Å². The number of carbonyl (C=O) groups is 2. The van der Waals surface area contributed by atoms with Gasteiger partial charge in [-0.25, -0.2) is 4.79 Å². The Labute approximate surface area is 154 Å². The van der Waals surface area contributed by atoms with E-state index in [0.29, 0.717) is 6.42 Å². The number of carboxylic acid groups (broad SMARTS) is 1. The highest BCUT2D eigenvalue weighted by Crippen LogP contribution is 2.14. The van der Waals surface area contributed by atoms with Crippen LogP contribution in [-0.2, 0) is 14.3 Å². The van der Waals surface area contributed by atoms with E-state index in [9.17, 15) is 9.59 Å². The van der Waals surface area contributed by atoms with E-state index >= 15 is 0 Å². The maximum atomic E-state index is 11.4. The van der Waals surface area contributed by atoms with E-state index < -0.39 is 18.0 Å². The molecule has 0 aromatic carbocycles. The van der Waals surface area contributed by atoms with Gasteiger partial charge in [0.1, 0.15) is 0 Å². The quantitative estimate of drug-likeness (QED) is 0.252. The van der Waals surface area contributed by atoms with Gasteiger partial charge in [0.25, 0.3) is 0 Å². The summed E-state index contributed by atoms with van der Waals surface area (Å²) in [5.74, 6) is -0.647. The van der Waals surface area contributed by atoms with Crippen molar-refractivity contribution in [2.45, 2.75) is 117 Å². The number of carboxylic acids is 1. The molecule has 0 aromatic heterocycles. The van der Waals surface area contributed by atoms with Gasteiger partial charge in [-0.15, -0.1) is 0 Å². The van der Waals surface area contributed by atoms with Gasteiger partial charge in [0.2, 0.25) is 0 Å². The molecule has 1 unspecified atom stereocenters. The highest BCUT2D eigenvalue weighted by molar-refractivity contribution is 5.77. The molecule has 4 heteroatoms. The van der Waals surface area contributed by atoms with E-state index in [-0.39, 0.29) is 0 Å². The number of hydrogen-bond donors (Lipinski definition) is 1. The summed E-state index contributed by atoms with van der Waals surface area (Å²) >= 11 is 0.